The fourth-order valence-electron chi connectivity index (χ4n) is 1.68. The van der Waals surface area contributed by atoms with E-state index in [9.17, 15) is 9.59 Å². The number of esters is 1. The van der Waals surface area contributed by atoms with Gasteiger partial charge in [0.1, 0.15) is 0 Å². The lowest BCUT2D eigenvalue weighted by molar-refractivity contribution is -0.158. The summed E-state index contributed by atoms with van der Waals surface area (Å²) in [6.07, 6.45) is 4.55. The van der Waals surface area contributed by atoms with Crippen molar-refractivity contribution < 1.29 is 19.4 Å². The lowest BCUT2D eigenvalue weighted by atomic mass is 9.88. The third-order valence-corrected chi connectivity index (χ3v) is 2.61. The summed E-state index contributed by atoms with van der Waals surface area (Å²) in [5.41, 5.74) is 10.5. The second kappa shape index (κ2) is 5.09. The van der Waals surface area contributed by atoms with Gasteiger partial charge in [0.15, 0.2) is 5.72 Å². The van der Waals surface area contributed by atoms with Crippen LogP contribution in [0.1, 0.15) is 25.7 Å². The Kier molecular flexibility index (Phi) is 4.03. The highest BCUT2D eigenvalue weighted by molar-refractivity contribution is 5.90. The van der Waals surface area contributed by atoms with Crippen molar-refractivity contribution >= 4 is 11.9 Å². The van der Waals surface area contributed by atoms with Crippen LogP contribution in [0.4, 0.5) is 0 Å². The zero-order valence-corrected chi connectivity index (χ0v) is 8.89. The van der Waals surface area contributed by atoms with Crippen molar-refractivity contribution in [2.75, 3.05) is 0 Å². The lowest BCUT2D eigenvalue weighted by Crippen LogP contribution is -2.59. The standard InChI is InChI=1S/C10H16N2O4/c11-7-3-1-2-6-10(7,12)16-9(15)5-4-8(13)14/h4-5,7H,1-3,6,11-12H2,(H,13,14)/b5-4-. The summed E-state index contributed by atoms with van der Waals surface area (Å²) in [5.74, 6) is -1.99. The average Bonchev–Trinajstić information content (AvgIpc) is 2.20. The first kappa shape index (κ1) is 12.7. The van der Waals surface area contributed by atoms with E-state index in [0.717, 1.165) is 18.9 Å². The topological polar surface area (TPSA) is 116 Å². The zero-order chi connectivity index (χ0) is 12.2. The van der Waals surface area contributed by atoms with Crippen LogP contribution in [0.15, 0.2) is 12.2 Å². The monoisotopic (exact) mass is 228 g/mol. The Hall–Kier alpha value is -1.40. The number of hydrogen-bond donors (Lipinski definition) is 3. The number of ether oxygens (including phenoxy) is 1. The summed E-state index contributed by atoms with van der Waals surface area (Å²) < 4.78 is 5.01. The molecule has 1 fully saturated rings. The van der Waals surface area contributed by atoms with Crippen molar-refractivity contribution in [2.45, 2.75) is 37.5 Å². The summed E-state index contributed by atoms with van der Waals surface area (Å²) in [5, 5.41) is 8.33. The molecule has 16 heavy (non-hydrogen) atoms. The lowest BCUT2D eigenvalue weighted by Gasteiger charge is -2.37. The first-order valence-corrected chi connectivity index (χ1v) is 5.12. The van der Waals surface area contributed by atoms with Gasteiger partial charge >= 0.3 is 11.9 Å². The van der Waals surface area contributed by atoms with Gasteiger partial charge in [-0.3, -0.25) is 5.73 Å². The molecule has 0 spiro atoms. The van der Waals surface area contributed by atoms with Gasteiger partial charge in [-0.15, -0.1) is 0 Å². The molecule has 1 aliphatic carbocycles. The normalized spacial score (nSPS) is 30.2. The van der Waals surface area contributed by atoms with E-state index in [2.05, 4.69) is 0 Å². The van der Waals surface area contributed by atoms with Crippen LogP contribution < -0.4 is 11.5 Å². The minimum atomic E-state index is -1.21. The highest BCUT2D eigenvalue weighted by Crippen LogP contribution is 2.26. The highest BCUT2D eigenvalue weighted by atomic mass is 16.6. The number of rotatable bonds is 3. The Balaban J connectivity index is 2.57. The van der Waals surface area contributed by atoms with Crippen LogP contribution in [0.25, 0.3) is 0 Å². The fraction of sp³-hybridized carbons (Fsp3) is 0.600. The van der Waals surface area contributed by atoms with E-state index in [4.69, 9.17) is 21.3 Å². The molecular formula is C10H16N2O4. The summed E-state index contributed by atoms with van der Waals surface area (Å²) in [6, 6.07) is -0.400. The molecule has 5 N–H and O–H groups in total. The van der Waals surface area contributed by atoms with Crippen molar-refractivity contribution in [3.63, 3.8) is 0 Å². The maximum absolute atomic E-state index is 11.3. The molecule has 0 aromatic rings. The predicted octanol–water partition coefficient (Wildman–Crippen LogP) is -0.273. The number of carboxylic acid groups (broad SMARTS) is 1. The fourth-order valence-corrected chi connectivity index (χ4v) is 1.68. The minimum Gasteiger partial charge on any atom is -0.478 e. The highest BCUT2D eigenvalue weighted by Gasteiger charge is 2.38. The largest absolute Gasteiger partial charge is 0.478 e. The summed E-state index contributed by atoms with van der Waals surface area (Å²) in [6.45, 7) is 0. The number of aliphatic carboxylic acids is 1. The molecule has 6 heteroatoms. The molecule has 0 heterocycles. The number of carbonyl (C=O) groups is 2. The zero-order valence-electron chi connectivity index (χ0n) is 8.89. The SMILES string of the molecule is NC1CCCCC1(N)OC(=O)/C=C\C(=O)O. The van der Waals surface area contributed by atoms with E-state index in [1.54, 1.807) is 0 Å². The number of nitrogens with two attached hydrogens (primary N) is 2. The Labute approximate surface area is 93.2 Å². The molecule has 0 aromatic carbocycles. The number of hydrogen-bond acceptors (Lipinski definition) is 5. The molecule has 0 amide bonds. The predicted molar refractivity (Wildman–Crippen MR) is 56.2 cm³/mol. The van der Waals surface area contributed by atoms with Crippen LogP contribution >= 0.6 is 0 Å². The van der Waals surface area contributed by atoms with Gasteiger partial charge in [0.05, 0.1) is 6.04 Å². The smallest absolute Gasteiger partial charge is 0.332 e. The van der Waals surface area contributed by atoms with Gasteiger partial charge in [-0.25, -0.2) is 9.59 Å². The average molecular weight is 228 g/mol. The van der Waals surface area contributed by atoms with Gasteiger partial charge in [0.2, 0.25) is 0 Å². The van der Waals surface area contributed by atoms with E-state index in [-0.39, 0.29) is 0 Å². The number of carbonyl (C=O) groups excluding carboxylic acids is 1. The van der Waals surface area contributed by atoms with Gasteiger partial charge < -0.3 is 15.6 Å². The summed E-state index contributed by atoms with van der Waals surface area (Å²) >= 11 is 0. The van der Waals surface area contributed by atoms with E-state index >= 15 is 0 Å². The molecule has 1 aliphatic rings. The molecule has 6 nitrogen and oxygen atoms in total. The van der Waals surface area contributed by atoms with E-state index < -0.39 is 23.7 Å². The van der Waals surface area contributed by atoms with Gasteiger partial charge in [-0.2, -0.15) is 0 Å². The minimum absolute atomic E-state index is 0.400. The molecule has 0 saturated heterocycles. The van der Waals surface area contributed by atoms with Crippen molar-refractivity contribution in [1.82, 2.24) is 0 Å². The van der Waals surface area contributed by atoms with Crippen LogP contribution in [0.5, 0.6) is 0 Å². The summed E-state index contributed by atoms with van der Waals surface area (Å²) in [4.78, 5) is 21.4. The molecule has 2 unspecified atom stereocenters. The Morgan fingerprint density at radius 1 is 1.38 bits per heavy atom. The second-order valence-electron chi connectivity index (χ2n) is 3.90. The molecule has 90 valence electrons. The van der Waals surface area contributed by atoms with Crippen LogP contribution in [-0.4, -0.2) is 28.8 Å². The Morgan fingerprint density at radius 3 is 2.62 bits per heavy atom. The molecular weight excluding hydrogens is 212 g/mol. The Bertz CT molecular complexity index is 316. The van der Waals surface area contributed by atoms with Crippen molar-refractivity contribution in [3.8, 4) is 0 Å². The Morgan fingerprint density at radius 2 is 2.06 bits per heavy atom. The maximum Gasteiger partial charge on any atom is 0.332 e. The van der Waals surface area contributed by atoms with Crippen LogP contribution in [0, 0.1) is 0 Å². The quantitative estimate of drug-likeness (QED) is 0.348. The molecule has 1 saturated carbocycles. The molecule has 0 radical (unpaired) electrons. The first-order chi connectivity index (χ1) is 7.44. The second-order valence-corrected chi connectivity index (χ2v) is 3.90. The number of carboxylic acids is 1. The van der Waals surface area contributed by atoms with Crippen molar-refractivity contribution in [3.05, 3.63) is 12.2 Å². The van der Waals surface area contributed by atoms with E-state index in [1.165, 1.54) is 0 Å². The summed E-state index contributed by atoms with van der Waals surface area (Å²) in [7, 11) is 0. The maximum atomic E-state index is 11.3. The van der Waals surface area contributed by atoms with Crippen molar-refractivity contribution in [2.24, 2.45) is 11.5 Å². The molecule has 0 aromatic heterocycles. The third-order valence-electron chi connectivity index (χ3n) is 2.61. The van der Waals surface area contributed by atoms with Gasteiger partial charge in [-0.05, 0) is 12.8 Å². The molecule has 2 atom stereocenters. The first-order valence-electron chi connectivity index (χ1n) is 5.12. The van der Waals surface area contributed by atoms with Crippen LogP contribution in [-0.2, 0) is 14.3 Å². The molecule has 1 rings (SSSR count). The van der Waals surface area contributed by atoms with Gasteiger partial charge in [0.25, 0.3) is 0 Å². The van der Waals surface area contributed by atoms with Crippen LogP contribution in [0.2, 0.25) is 0 Å². The molecule has 0 aliphatic heterocycles. The van der Waals surface area contributed by atoms with Crippen LogP contribution in [0.3, 0.4) is 0 Å². The van der Waals surface area contributed by atoms with Gasteiger partial charge in [0, 0.05) is 18.6 Å². The van der Waals surface area contributed by atoms with Crippen molar-refractivity contribution in [1.29, 1.82) is 0 Å². The molecule has 0 bridgehead atoms. The van der Waals surface area contributed by atoms with E-state index in [0.29, 0.717) is 18.9 Å². The van der Waals surface area contributed by atoms with E-state index in [1.807, 2.05) is 0 Å². The van der Waals surface area contributed by atoms with Gasteiger partial charge in [-0.1, -0.05) is 6.42 Å². The third kappa shape index (κ3) is 3.32.